The van der Waals surface area contributed by atoms with Crippen LogP contribution in [0.15, 0.2) is 17.9 Å². The highest BCUT2D eigenvalue weighted by Gasteiger charge is 2.07. The number of rotatable bonds is 4. The molecule has 2 aromatic rings. The van der Waals surface area contributed by atoms with E-state index in [1.165, 1.54) is 33.9 Å². The van der Waals surface area contributed by atoms with Crippen LogP contribution in [-0.2, 0) is 11.3 Å². The molecule has 0 atom stereocenters. The van der Waals surface area contributed by atoms with Crippen LogP contribution in [0.25, 0.3) is 0 Å². The van der Waals surface area contributed by atoms with Gasteiger partial charge in [-0.25, -0.2) is 4.79 Å². The fourth-order valence-electron chi connectivity index (χ4n) is 1.14. The van der Waals surface area contributed by atoms with Crippen molar-refractivity contribution < 1.29 is 14.7 Å². The molecule has 3 N–H and O–H groups in total. The standard InChI is InChI=1S/C8H8N6O3S/c15-6(16)3-14-2-5(1-10-14)11-7(17)12-8-13-9-4-18-8/h1-2,4H,3H2,(H,15,16)(H2,11,12,13,17). The van der Waals surface area contributed by atoms with Crippen molar-refractivity contribution in [2.75, 3.05) is 10.6 Å². The first-order chi connectivity index (χ1) is 8.63. The van der Waals surface area contributed by atoms with E-state index in [1.807, 2.05) is 0 Å². The molecule has 0 fully saturated rings. The molecule has 94 valence electrons. The summed E-state index contributed by atoms with van der Waals surface area (Å²) >= 11 is 1.18. The number of urea groups is 1. The maximum atomic E-state index is 11.5. The molecule has 0 aromatic carbocycles. The highest BCUT2D eigenvalue weighted by Crippen LogP contribution is 2.09. The van der Waals surface area contributed by atoms with Crippen LogP contribution in [0.2, 0.25) is 0 Å². The number of carbonyl (C=O) groups excluding carboxylic acids is 1. The molecule has 0 aliphatic carbocycles. The number of carboxylic acid groups (broad SMARTS) is 1. The van der Waals surface area contributed by atoms with Gasteiger partial charge in [0.2, 0.25) is 5.13 Å². The molecule has 0 aliphatic heterocycles. The Labute approximate surface area is 104 Å². The zero-order chi connectivity index (χ0) is 13.0. The average Bonchev–Trinajstić information content (AvgIpc) is 2.89. The van der Waals surface area contributed by atoms with Gasteiger partial charge in [0.15, 0.2) is 0 Å². The molecule has 0 unspecified atom stereocenters. The van der Waals surface area contributed by atoms with Crippen molar-refractivity contribution >= 4 is 34.2 Å². The van der Waals surface area contributed by atoms with Gasteiger partial charge < -0.3 is 10.4 Å². The van der Waals surface area contributed by atoms with E-state index in [2.05, 4.69) is 25.9 Å². The summed E-state index contributed by atoms with van der Waals surface area (Å²) in [5, 5.41) is 24.8. The Morgan fingerprint density at radius 3 is 2.94 bits per heavy atom. The fraction of sp³-hybridized carbons (Fsp3) is 0.125. The lowest BCUT2D eigenvalue weighted by Gasteiger charge is -2.01. The molecule has 0 bridgehead atoms. The molecule has 2 amide bonds. The molecule has 10 heteroatoms. The van der Waals surface area contributed by atoms with Crippen molar-refractivity contribution in [2.24, 2.45) is 0 Å². The Balaban J connectivity index is 1.91. The molecule has 0 aliphatic rings. The number of carbonyl (C=O) groups is 2. The van der Waals surface area contributed by atoms with Gasteiger partial charge in [0, 0.05) is 6.20 Å². The third kappa shape index (κ3) is 3.25. The first kappa shape index (κ1) is 12.0. The van der Waals surface area contributed by atoms with Crippen LogP contribution in [0.3, 0.4) is 0 Å². The molecule has 0 saturated carbocycles. The predicted molar refractivity (Wildman–Crippen MR) is 62.4 cm³/mol. The second kappa shape index (κ2) is 5.23. The first-order valence-corrected chi connectivity index (χ1v) is 5.60. The Morgan fingerprint density at radius 2 is 2.28 bits per heavy atom. The third-order valence-corrected chi connectivity index (χ3v) is 2.38. The van der Waals surface area contributed by atoms with Crippen molar-refractivity contribution in [1.29, 1.82) is 0 Å². The van der Waals surface area contributed by atoms with Crippen LogP contribution in [0, 0.1) is 0 Å². The predicted octanol–water partition coefficient (Wildman–Crippen LogP) is 0.463. The number of carboxylic acids is 1. The van der Waals surface area contributed by atoms with E-state index in [1.54, 1.807) is 0 Å². The average molecular weight is 268 g/mol. The second-order valence-electron chi connectivity index (χ2n) is 3.14. The molecule has 0 saturated heterocycles. The fourth-order valence-corrected chi connectivity index (χ4v) is 1.58. The van der Waals surface area contributed by atoms with Crippen molar-refractivity contribution in [1.82, 2.24) is 20.0 Å². The number of aliphatic carboxylic acids is 1. The lowest BCUT2D eigenvalue weighted by molar-refractivity contribution is -0.137. The topological polar surface area (TPSA) is 122 Å². The number of nitrogens with zero attached hydrogens (tertiary/aromatic N) is 4. The minimum atomic E-state index is -1.01. The largest absolute Gasteiger partial charge is 0.480 e. The van der Waals surface area contributed by atoms with E-state index in [0.29, 0.717) is 10.8 Å². The molecule has 9 nitrogen and oxygen atoms in total. The molecule has 0 radical (unpaired) electrons. The van der Waals surface area contributed by atoms with Gasteiger partial charge in [0.05, 0.1) is 11.9 Å². The third-order valence-electron chi connectivity index (χ3n) is 1.77. The monoisotopic (exact) mass is 268 g/mol. The molecule has 2 aromatic heterocycles. The summed E-state index contributed by atoms with van der Waals surface area (Å²) in [6.07, 6.45) is 2.76. The van der Waals surface area contributed by atoms with Gasteiger partial charge in [0.1, 0.15) is 12.1 Å². The van der Waals surface area contributed by atoms with Crippen molar-refractivity contribution in [3.8, 4) is 0 Å². The lowest BCUT2D eigenvalue weighted by Crippen LogP contribution is -2.19. The summed E-state index contributed by atoms with van der Waals surface area (Å²) in [6, 6.07) is -0.498. The van der Waals surface area contributed by atoms with Gasteiger partial charge in [-0.15, -0.1) is 10.2 Å². The smallest absolute Gasteiger partial charge is 0.325 e. The van der Waals surface area contributed by atoms with Gasteiger partial charge in [-0.3, -0.25) is 14.8 Å². The van der Waals surface area contributed by atoms with E-state index in [0.717, 1.165) is 0 Å². The summed E-state index contributed by atoms with van der Waals surface area (Å²) in [7, 11) is 0. The van der Waals surface area contributed by atoms with E-state index >= 15 is 0 Å². The summed E-state index contributed by atoms with van der Waals surface area (Å²) in [4.78, 5) is 21.9. The zero-order valence-electron chi connectivity index (χ0n) is 8.90. The minimum Gasteiger partial charge on any atom is -0.480 e. The van der Waals surface area contributed by atoms with Gasteiger partial charge in [-0.1, -0.05) is 11.3 Å². The quantitative estimate of drug-likeness (QED) is 0.740. The van der Waals surface area contributed by atoms with Crippen LogP contribution in [0.4, 0.5) is 15.6 Å². The molecule has 2 rings (SSSR count). The second-order valence-corrected chi connectivity index (χ2v) is 3.98. The van der Waals surface area contributed by atoms with Crippen LogP contribution >= 0.6 is 11.3 Å². The number of hydrogen-bond acceptors (Lipinski definition) is 6. The van der Waals surface area contributed by atoms with Crippen LogP contribution in [0.1, 0.15) is 0 Å². The van der Waals surface area contributed by atoms with E-state index in [-0.39, 0.29) is 6.54 Å². The summed E-state index contributed by atoms with van der Waals surface area (Å²) in [5.41, 5.74) is 1.87. The Bertz CT molecular complexity index is 551. The van der Waals surface area contributed by atoms with Gasteiger partial charge in [-0.05, 0) is 0 Å². The van der Waals surface area contributed by atoms with E-state index < -0.39 is 12.0 Å². The number of amides is 2. The highest BCUT2D eigenvalue weighted by atomic mass is 32.1. The Morgan fingerprint density at radius 1 is 1.44 bits per heavy atom. The minimum absolute atomic E-state index is 0.264. The SMILES string of the molecule is O=C(O)Cn1cc(NC(=O)Nc2nncs2)cn1. The summed E-state index contributed by atoms with van der Waals surface area (Å²) in [5.74, 6) is -1.01. The van der Waals surface area contributed by atoms with E-state index in [4.69, 9.17) is 5.11 Å². The van der Waals surface area contributed by atoms with Crippen molar-refractivity contribution in [3.63, 3.8) is 0 Å². The van der Waals surface area contributed by atoms with Gasteiger partial charge in [-0.2, -0.15) is 5.10 Å². The van der Waals surface area contributed by atoms with Crippen LogP contribution in [-0.4, -0.2) is 37.1 Å². The molecular weight excluding hydrogens is 260 g/mol. The van der Waals surface area contributed by atoms with Crippen LogP contribution < -0.4 is 10.6 Å². The van der Waals surface area contributed by atoms with Crippen LogP contribution in [0.5, 0.6) is 0 Å². The molecule has 0 spiro atoms. The summed E-state index contributed by atoms with van der Waals surface area (Å²) < 4.78 is 1.20. The van der Waals surface area contributed by atoms with Crippen molar-refractivity contribution in [2.45, 2.75) is 6.54 Å². The molecular formula is C8H8N6O3S. The zero-order valence-corrected chi connectivity index (χ0v) is 9.72. The highest BCUT2D eigenvalue weighted by molar-refractivity contribution is 7.13. The number of nitrogens with one attached hydrogen (secondary N) is 2. The Kier molecular flexibility index (Phi) is 3.48. The maximum Gasteiger partial charge on any atom is 0.325 e. The van der Waals surface area contributed by atoms with Gasteiger partial charge in [0.25, 0.3) is 0 Å². The Hall–Kier alpha value is -2.49. The number of anilines is 2. The molecule has 18 heavy (non-hydrogen) atoms. The van der Waals surface area contributed by atoms with Gasteiger partial charge >= 0.3 is 12.0 Å². The maximum absolute atomic E-state index is 11.5. The first-order valence-electron chi connectivity index (χ1n) is 4.72. The summed E-state index contributed by atoms with van der Waals surface area (Å²) in [6.45, 7) is -0.264. The normalized spacial score (nSPS) is 10.0. The van der Waals surface area contributed by atoms with Crippen molar-refractivity contribution in [3.05, 3.63) is 17.9 Å². The molecule has 2 heterocycles. The lowest BCUT2D eigenvalue weighted by atomic mass is 10.5. The number of aromatic nitrogens is 4. The number of hydrogen-bond donors (Lipinski definition) is 3. The van der Waals surface area contributed by atoms with E-state index in [9.17, 15) is 9.59 Å².